The molecular weight excluding hydrogens is 309 g/mol. The first-order chi connectivity index (χ1) is 10.8. The monoisotopic (exact) mass is 334 g/mol. The summed E-state index contributed by atoms with van der Waals surface area (Å²) in [6.45, 7) is 2.63. The molecule has 1 saturated heterocycles. The normalized spacial score (nSPS) is 30.0. The fourth-order valence-electron chi connectivity index (χ4n) is 3.36. The Morgan fingerprint density at radius 1 is 1.30 bits per heavy atom. The third-order valence-electron chi connectivity index (χ3n) is 4.71. The molecule has 1 saturated carbocycles. The number of carbonyl (C=O) groups excluding carboxylic acids is 1. The molecule has 4 nitrogen and oxygen atoms in total. The average Bonchev–Trinajstić information content (AvgIpc) is 2.98. The molecule has 1 amide bonds. The number of alkyl halides is 3. The van der Waals surface area contributed by atoms with Gasteiger partial charge in [0, 0.05) is 19.2 Å². The van der Waals surface area contributed by atoms with E-state index < -0.39 is 17.7 Å². The zero-order valence-electron chi connectivity index (χ0n) is 13.2. The molecule has 0 aromatic carbocycles. The van der Waals surface area contributed by atoms with Crippen molar-refractivity contribution in [3.05, 3.63) is 12.2 Å². The third kappa shape index (κ3) is 5.80. The van der Waals surface area contributed by atoms with Crippen molar-refractivity contribution < 1.29 is 23.1 Å². The van der Waals surface area contributed by atoms with Gasteiger partial charge >= 0.3 is 6.18 Å². The Labute approximate surface area is 134 Å². The van der Waals surface area contributed by atoms with Crippen molar-refractivity contribution in [2.45, 2.75) is 50.3 Å². The molecule has 7 heteroatoms. The second kappa shape index (κ2) is 7.66. The Kier molecular flexibility index (Phi) is 6.08. The lowest BCUT2D eigenvalue weighted by Crippen LogP contribution is -2.48. The topological polar surface area (TPSA) is 52.6 Å². The van der Waals surface area contributed by atoms with Gasteiger partial charge in [-0.3, -0.25) is 9.69 Å². The van der Waals surface area contributed by atoms with Crippen LogP contribution in [-0.2, 0) is 4.79 Å². The number of halogens is 3. The fraction of sp³-hybridized carbons (Fsp3) is 0.812. The standard InChI is InChI=1S/C16H25F3N2O2/c17-16(18,19)13-5-3-7-15(23,11-13)12-20-14(22)6-4-10-21-8-1-2-9-21/h4,6,13,23H,1-3,5,7-12H2,(H,20,22)/b6-4+. The van der Waals surface area contributed by atoms with Crippen molar-refractivity contribution in [3.63, 3.8) is 0 Å². The van der Waals surface area contributed by atoms with Crippen LogP contribution in [0, 0.1) is 5.92 Å². The van der Waals surface area contributed by atoms with E-state index in [2.05, 4.69) is 10.2 Å². The minimum absolute atomic E-state index is 0.0511. The van der Waals surface area contributed by atoms with E-state index >= 15 is 0 Å². The molecule has 23 heavy (non-hydrogen) atoms. The number of nitrogens with one attached hydrogen (secondary N) is 1. The highest BCUT2D eigenvalue weighted by atomic mass is 19.4. The summed E-state index contributed by atoms with van der Waals surface area (Å²) in [5.74, 6) is -1.85. The second-order valence-corrected chi connectivity index (χ2v) is 6.69. The summed E-state index contributed by atoms with van der Waals surface area (Å²) in [5, 5.41) is 12.8. The van der Waals surface area contributed by atoms with Crippen LogP contribution >= 0.6 is 0 Å². The van der Waals surface area contributed by atoms with Crippen LogP contribution in [-0.4, -0.2) is 53.9 Å². The number of rotatable bonds is 5. The zero-order chi connectivity index (χ0) is 16.9. The highest BCUT2D eigenvalue weighted by Crippen LogP contribution is 2.41. The average molecular weight is 334 g/mol. The number of aliphatic hydroxyl groups is 1. The lowest BCUT2D eigenvalue weighted by atomic mass is 9.77. The van der Waals surface area contributed by atoms with Crippen molar-refractivity contribution in [2.75, 3.05) is 26.2 Å². The van der Waals surface area contributed by atoms with E-state index in [0.29, 0.717) is 13.0 Å². The van der Waals surface area contributed by atoms with Crippen molar-refractivity contribution in [1.82, 2.24) is 10.2 Å². The minimum Gasteiger partial charge on any atom is -0.388 e. The molecule has 2 unspecified atom stereocenters. The van der Waals surface area contributed by atoms with Crippen molar-refractivity contribution in [3.8, 4) is 0 Å². The molecule has 0 aromatic rings. The molecule has 1 aliphatic heterocycles. The molecule has 1 heterocycles. The molecular formula is C16H25F3N2O2. The Morgan fingerprint density at radius 3 is 2.65 bits per heavy atom. The maximum Gasteiger partial charge on any atom is 0.391 e. The van der Waals surface area contributed by atoms with E-state index in [0.717, 1.165) is 13.1 Å². The highest BCUT2D eigenvalue weighted by molar-refractivity contribution is 5.87. The summed E-state index contributed by atoms with van der Waals surface area (Å²) in [6, 6.07) is 0. The highest BCUT2D eigenvalue weighted by Gasteiger charge is 2.46. The molecule has 0 radical (unpaired) electrons. The Bertz CT molecular complexity index is 434. The predicted octanol–water partition coefficient (Wildman–Crippen LogP) is 2.24. The molecule has 132 valence electrons. The molecule has 0 bridgehead atoms. The SMILES string of the molecule is O=C(/C=C/CN1CCCC1)NCC1(O)CCCC(C(F)(F)F)C1. The molecule has 0 spiro atoms. The summed E-state index contributed by atoms with van der Waals surface area (Å²) in [6.07, 6.45) is 1.53. The third-order valence-corrected chi connectivity index (χ3v) is 4.71. The summed E-state index contributed by atoms with van der Waals surface area (Å²) < 4.78 is 38.4. The van der Waals surface area contributed by atoms with Gasteiger partial charge in [-0.25, -0.2) is 0 Å². The van der Waals surface area contributed by atoms with Gasteiger partial charge in [-0.05, 0) is 51.6 Å². The van der Waals surface area contributed by atoms with Crippen molar-refractivity contribution in [2.24, 2.45) is 5.92 Å². The molecule has 2 N–H and O–H groups in total. The van der Waals surface area contributed by atoms with Crippen LogP contribution < -0.4 is 5.32 Å². The van der Waals surface area contributed by atoms with Gasteiger partial charge in [0.25, 0.3) is 0 Å². The Balaban J connectivity index is 1.74. The first-order valence-electron chi connectivity index (χ1n) is 8.24. The smallest absolute Gasteiger partial charge is 0.388 e. The number of hydrogen-bond acceptors (Lipinski definition) is 3. The summed E-state index contributed by atoms with van der Waals surface area (Å²) in [7, 11) is 0. The minimum atomic E-state index is -4.28. The van der Waals surface area contributed by atoms with E-state index in [4.69, 9.17) is 0 Å². The quantitative estimate of drug-likeness (QED) is 0.758. The molecule has 1 aliphatic carbocycles. The van der Waals surface area contributed by atoms with Crippen molar-refractivity contribution in [1.29, 1.82) is 0 Å². The van der Waals surface area contributed by atoms with E-state index in [1.165, 1.54) is 18.9 Å². The molecule has 2 fully saturated rings. The molecule has 2 aliphatic rings. The lowest BCUT2D eigenvalue weighted by molar-refractivity contribution is -0.199. The summed E-state index contributed by atoms with van der Waals surface area (Å²) in [5.41, 5.74) is -1.46. The second-order valence-electron chi connectivity index (χ2n) is 6.69. The van der Waals surface area contributed by atoms with Gasteiger partial charge in [-0.2, -0.15) is 13.2 Å². The Hall–Kier alpha value is -1.08. The van der Waals surface area contributed by atoms with Crippen LogP contribution in [0.3, 0.4) is 0 Å². The van der Waals surface area contributed by atoms with Crippen molar-refractivity contribution >= 4 is 5.91 Å². The van der Waals surface area contributed by atoms with Crippen LogP contribution in [0.5, 0.6) is 0 Å². The van der Waals surface area contributed by atoms with Crippen LogP contribution in [0.15, 0.2) is 12.2 Å². The van der Waals surface area contributed by atoms with Gasteiger partial charge in [0.2, 0.25) is 5.91 Å². The zero-order valence-corrected chi connectivity index (χ0v) is 13.2. The number of amides is 1. The maximum absolute atomic E-state index is 12.8. The molecule has 0 aromatic heterocycles. The van der Waals surface area contributed by atoms with Crippen LogP contribution in [0.2, 0.25) is 0 Å². The lowest BCUT2D eigenvalue weighted by Gasteiger charge is -2.37. The molecule has 2 rings (SSSR count). The van der Waals surface area contributed by atoms with E-state index in [9.17, 15) is 23.1 Å². The number of hydrogen-bond donors (Lipinski definition) is 2. The summed E-state index contributed by atoms with van der Waals surface area (Å²) in [4.78, 5) is 14.0. The van der Waals surface area contributed by atoms with Gasteiger partial charge in [-0.1, -0.05) is 6.08 Å². The van der Waals surface area contributed by atoms with Gasteiger partial charge in [0.15, 0.2) is 0 Å². The summed E-state index contributed by atoms with van der Waals surface area (Å²) >= 11 is 0. The largest absolute Gasteiger partial charge is 0.391 e. The van der Waals surface area contributed by atoms with Gasteiger partial charge in [0.1, 0.15) is 0 Å². The maximum atomic E-state index is 12.8. The fourth-order valence-corrected chi connectivity index (χ4v) is 3.36. The molecule has 2 atom stereocenters. The van der Waals surface area contributed by atoms with Gasteiger partial charge in [-0.15, -0.1) is 0 Å². The first-order valence-corrected chi connectivity index (χ1v) is 8.24. The number of likely N-dealkylation sites (tertiary alicyclic amines) is 1. The van der Waals surface area contributed by atoms with Crippen LogP contribution in [0.1, 0.15) is 38.5 Å². The van der Waals surface area contributed by atoms with Crippen LogP contribution in [0.25, 0.3) is 0 Å². The predicted molar refractivity (Wildman–Crippen MR) is 80.8 cm³/mol. The van der Waals surface area contributed by atoms with E-state index in [1.54, 1.807) is 6.08 Å². The van der Waals surface area contributed by atoms with Gasteiger partial charge < -0.3 is 10.4 Å². The number of carbonyl (C=O) groups is 1. The number of nitrogens with zero attached hydrogens (tertiary/aromatic N) is 1. The first kappa shape index (κ1) is 18.3. The van der Waals surface area contributed by atoms with Gasteiger partial charge in [0.05, 0.1) is 11.5 Å². The van der Waals surface area contributed by atoms with E-state index in [-0.39, 0.29) is 31.7 Å². The van der Waals surface area contributed by atoms with E-state index in [1.807, 2.05) is 0 Å². The Morgan fingerprint density at radius 2 is 2.00 bits per heavy atom. The van der Waals surface area contributed by atoms with Crippen LogP contribution in [0.4, 0.5) is 13.2 Å².